The quantitative estimate of drug-likeness (QED) is 0.577. The average Bonchev–Trinajstić information content (AvgIpc) is 1.30. The Hall–Kier alpha value is 0.570. The van der Waals surface area contributed by atoms with Gasteiger partial charge in [0.05, 0.1) is 0 Å². The van der Waals surface area contributed by atoms with Crippen molar-refractivity contribution in [3.63, 3.8) is 0 Å². The van der Waals surface area contributed by atoms with E-state index in [9.17, 15) is 0 Å². The molecule has 0 atom stereocenters. The van der Waals surface area contributed by atoms with E-state index in [2.05, 4.69) is 33.9 Å². The van der Waals surface area contributed by atoms with E-state index in [0.29, 0.717) is 0 Å². The average molecular weight is 183 g/mol. The van der Waals surface area contributed by atoms with Crippen LogP contribution < -0.4 is 0 Å². The minimum absolute atomic E-state index is 0.480. The molecule has 0 saturated heterocycles. The van der Waals surface area contributed by atoms with Crippen molar-refractivity contribution in [2.24, 2.45) is 0 Å². The Bertz CT molecular complexity index is 63.0. The van der Waals surface area contributed by atoms with Gasteiger partial charge in [-0.3, -0.25) is 0 Å². The lowest BCUT2D eigenvalue weighted by atomic mass is 10.8. The van der Waals surface area contributed by atoms with Crippen molar-refractivity contribution in [1.82, 2.24) is 0 Å². The van der Waals surface area contributed by atoms with Crippen molar-refractivity contribution >= 4 is 23.3 Å². The van der Waals surface area contributed by atoms with Gasteiger partial charge in [0.2, 0.25) is 0 Å². The SMILES string of the molecule is C=CCS(C)(C)Br. The summed E-state index contributed by atoms with van der Waals surface area (Å²) >= 11 is 3.55. The van der Waals surface area contributed by atoms with Crippen LogP contribution in [0.5, 0.6) is 0 Å². The van der Waals surface area contributed by atoms with Crippen LogP contribution in [-0.4, -0.2) is 18.3 Å². The molecule has 0 heterocycles. The first-order valence-electron chi connectivity index (χ1n) is 2.08. The molecule has 0 nitrogen and oxygen atoms in total. The van der Waals surface area contributed by atoms with E-state index in [1.54, 1.807) is 0 Å². The van der Waals surface area contributed by atoms with E-state index in [1.165, 1.54) is 0 Å². The minimum Gasteiger partial charge on any atom is -0.185 e. The zero-order valence-electron chi connectivity index (χ0n) is 4.78. The second-order valence-corrected chi connectivity index (χ2v) is 10.3. The highest BCUT2D eigenvalue weighted by molar-refractivity contribution is 9.58. The molecular formula is C5H11BrS. The maximum atomic E-state index is 3.64. The summed E-state index contributed by atoms with van der Waals surface area (Å²) in [4.78, 5) is 0. The topological polar surface area (TPSA) is 0 Å². The Labute approximate surface area is 54.5 Å². The molecule has 0 rings (SSSR count). The molecular weight excluding hydrogens is 172 g/mol. The van der Waals surface area contributed by atoms with Gasteiger partial charge in [-0.25, -0.2) is 0 Å². The van der Waals surface area contributed by atoms with Gasteiger partial charge >= 0.3 is 0 Å². The molecule has 0 aromatic rings. The lowest BCUT2D eigenvalue weighted by molar-refractivity contribution is 1.78. The standard InChI is InChI=1S/C5H11BrS/c1-4-5-7(2,3)6/h4H,1,5H2,2-3H3. The maximum absolute atomic E-state index is 3.64. The molecule has 0 aliphatic heterocycles. The molecule has 44 valence electrons. The number of hydrogen-bond donors (Lipinski definition) is 0. The van der Waals surface area contributed by atoms with Gasteiger partial charge in [-0.1, -0.05) is 6.08 Å². The molecule has 0 N–H and O–H groups in total. The summed E-state index contributed by atoms with van der Waals surface area (Å²) in [6.07, 6.45) is 6.35. The number of halogens is 1. The zero-order chi connectivity index (χ0) is 5.91. The summed E-state index contributed by atoms with van der Waals surface area (Å²) in [5.74, 6) is 1.10. The van der Waals surface area contributed by atoms with Crippen LogP contribution in [0.25, 0.3) is 0 Å². The van der Waals surface area contributed by atoms with Crippen LogP contribution in [0.15, 0.2) is 12.7 Å². The normalized spacial score (nSPS) is 13.6. The highest BCUT2D eigenvalue weighted by atomic mass is 79.9. The molecule has 7 heavy (non-hydrogen) atoms. The molecule has 0 spiro atoms. The van der Waals surface area contributed by atoms with Gasteiger partial charge in [0.25, 0.3) is 0 Å². The molecule has 0 saturated carbocycles. The van der Waals surface area contributed by atoms with E-state index >= 15 is 0 Å². The number of hydrogen-bond acceptors (Lipinski definition) is 0. The third-order valence-corrected chi connectivity index (χ3v) is 2.34. The Morgan fingerprint density at radius 1 is 1.71 bits per heavy atom. The van der Waals surface area contributed by atoms with Crippen molar-refractivity contribution in [3.8, 4) is 0 Å². The van der Waals surface area contributed by atoms with Crippen LogP contribution in [-0.2, 0) is 0 Å². The summed E-state index contributed by atoms with van der Waals surface area (Å²) < 4.78 is 0. The van der Waals surface area contributed by atoms with Gasteiger partial charge in [0, 0.05) is 5.75 Å². The molecule has 0 unspecified atom stereocenters. The first-order valence-corrected chi connectivity index (χ1v) is 6.54. The second-order valence-electron chi connectivity index (χ2n) is 1.86. The third kappa shape index (κ3) is 6.57. The van der Waals surface area contributed by atoms with Crippen LogP contribution >= 0.6 is 23.3 Å². The first-order chi connectivity index (χ1) is 3.06. The lowest BCUT2D eigenvalue weighted by Crippen LogP contribution is -1.85. The lowest BCUT2D eigenvalue weighted by Gasteiger charge is -2.18. The van der Waals surface area contributed by atoms with Gasteiger partial charge in [-0.2, -0.15) is 8.46 Å². The Morgan fingerprint density at radius 2 is 2.14 bits per heavy atom. The summed E-state index contributed by atoms with van der Waals surface area (Å²) in [7, 11) is -0.480. The monoisotopic (exact) mass is 182 g/mol. The van der Waals surface area contributed by atoms with E-state index in [-0.39, 0.29) is 0 Å². The van der Waals surface area contributed by atoms with Gasteiger partial charge in [-0.15, -0.1) is 6.58 Å². The predicted molar refractivity (Wildman–Crippen MR) is 43.4 cm³/mol. The molecule has 0 amide bonds. The van der Waals surface area contributed by atoms with Crippen molar-refractivity contribution in [3.05, 3.63) is 12.7 Å². The highest BCUT2D eigenvalue weighted by Crippen LogP contribution is 2.47. The van der Waals surface area contributed by atoms with Gasteiger partial charge in [0.1, 0.15) is 0 Å². The van der Waals surface area contributed by atoms with Crippen LogP contribution in [0.2, 0.25) is 0 Å². The zero-order valence-corrected chi connectivity index (χ0v) is 7.18. The molecule has 0 aromatic heterocycles. The molecule has 2 heteroatoms. The molecule has 0 bridgehead atoms. The maximum Gasteiger partial charge on any atom is 0.00364 e. The first kappa shape index (κ1) is 7.57. The molecule has 0 aromatic carbocycles. The van der Waals surface area contributed by atoms with Crippen LogP contribution in [0.1, 0.15) is 0 Å². The minimum atomic E-state index is -0.480. The summed E-state index contributed by atoms with van der Waals surface area (Å²) in [5.41, 5.74) is 0. The molecule has 0 aliphatic rings. The van der Waals surface area contributed by atoms with Gasteiger partial charge in [0.15, 0.2) is 0 Å². The van der Waals surface area contributed by atoms with Gasteiger partial charge < -0.3 is 0 Å². The second kappa shape index (κ2) is 2.78. The fourth-order valence-electron chi connectivity index (χ4n) is 0.280. The molecule has 0 aliphatic carbocycles. The van der Waals surface area contributed by atoms with E-state index in [0.717, 1.165) is 5.75 Å². The molecule has 0 fully saturated rings. The summed E-state index contributed by atoms with van der Waals surface area (Å²) in [6.45, 7) is 3.64. The van der Waals surface area contributed by atoms with E-state index in [1.807, 2.05) is 6.08 Å². The third-order valence-electron chi connectivity index (χ3n) is 0.514. The van der Waals surface area contributed by atoms with Crippen LogP contribution in [0.3, 0.4) is 0 Å². The van der Waals surface area contributed by atoms with Crippen molar-refractivity contribution in [1.29, 1.82) is 0 Å². The molecule has 0 radical (unpaired) electrons. The highest BCUT2D eigenvalue weighted by Gasteiger charge is 1.99. The summed E-state index contributed by atoms with van der Waals surface area (Å²) in [5, 5.41) is 0. The summed E-state index contributed by atoms with van der Waals surface area (Å²) in [6, 6.07) is 0. The van der Waals surface area contributed by atoms with Crippen LogP contribution in [0.4, 0.5) is 0 Å². The number of rotatable bonds is 2. The van der Waals surface area contributed by atoms with Gasteiger partial charge in [-0.05, 0) is 27.3 Å². The Kier molecular flexibility index (Phi) is 3.00. The smallest absolute Gasteiger partial charge is 0.00364 e. The largest absolute Gasteiger partial charge is 0.185 e. The van der Waals surface area contributed by atoms with Crippen LogP contribution in [0, 0.1) is 0 Å². The Balaban J connectivity index is 3.34. The van der Waals surface area contributed by atoms with Crippen molar-refractivity contribution < 1.29 is 0 Å². The Morgan fingerprint density at radius 3 is 2.14 bits per heavy atom. The fraction of sp³-hybridized carbons (Fsp3) is 0.600. The van der Waals surface area contributed by atoms with E-state index < -0.39 is 8.46 Å². The predicted octanol–water partition coefficient (Wildman–Crippen LogP) is 2.55. The van der Waals surface area contributed by atoms with Crippen molar-refractivity contribution in [2.75, 3.05) is 18.3 Å². The fourth-order valence-corrected chi connectivity index (χ4v) is 1.40. The van der Waals surface area contributed by atoms with E-state index in [4.69, 9.17) is 0 Å². The van der Waals surface area contributed by atoms with Crippen molar-refractivity contribution in [2.45, 2.75) is 0 Å².